The molecule has 4 aromatic rings. The van der Waals surface area contributed by atoms with E-state index in [1.807, 2.05) is 84.9 Å². The molecule has 0 aliphatic heterocycles. The van der Waals surface area contributed by atoms with Gasteiger partial charge >= 0.3 is 0 Å². The Morgan fingerprint density at radius 1 is 0.781 bits per heavy atom. The second-order valence-electron chi connectivity index (χ2n) is 7.79. The molecule has 4 rings (SSSR count). The van der Waals surface area contributed by atoms with Crippen molar-refractivity contribution in [1.29, 1.82) is 0 Å². The average Bonchev–Trinajstić information content (AvgIpc) is 2.84. The van der Waals surface area contributed by atoms with Gasteiger partial charge in [0.1, 0.15) is 23.2 Å². The molecule has 32 heavy (non-hydrogen) atoms. The van der Waals surface area contributed by atoms with E-state index in [2.05, 4.69) is 17.1 Å². The molecule has 2 unspecified atom stereocenters. The van der Waals surface area contributed by atoms with E-state index in [1.54, 1.807) is 6.92 Å². The van der Waals surface area contributed by atoms with Crippen LogP contribution in [0.1, 0.15) is 26.7 Å². The molecular formula is C27H27N3O2. The number of rotatable bonds is 8. The van der Waals surface area contributed by atoms with Gasteiger partial charge in [0.05, 0.1) is 6.10 Å². The van der Waals surface area contributed by atoms with Gasteiger partial charge in [-0.25, -0.2) is 4.98 Å². The summed E-state index contributed by atoms with van der Waals surface area (Å²) in [4.78, 5) is 4.91. The highest BCUT2D eigenvalue weighted by Gasteiger charge is 2.20. The van der Waals surface area contributed by atoms with Crippen LogP contribution in [0.3, 0.4) is 0 Å². The van der Waals surface area contributed by atoms with Gasteiger partial charge in [-0.2, -0.15) is 0 Å². The van der Waals surface area contributed by atoms with Gasteiger partial charge in [0, 0.05) is 23.1 Å². The number of aromatic nitrogens is 3. The van der Waals surface area contributed by atoms with Crippen LogP contribution in [0.25, 0.3) is 33.9 Å². The summed E-state index contributed by atoms with van der Waals surface area (Å²) in [5.74, 6) is 1.29. The first kappa shape index (κ1) is 21.7. The fraction of sp³-hybridized carbons (Fsp3) is 0.222. The Morgan fingerprint density at radius 2 is 1.41 bits per heavy atom. The zero-order chi connectivity index (χ0) is 22.3. The van der Waals surface area contributed by atoms with Crippen molar-refractivity contribution in [3.63, 3.8) is 0 Å². The average molecular weight is 426 g/mol. The highest BCUT2D eigenvalue weighted by atomic mass is 16.5. The van der Waals surface area contributed by atoms with Gasteiger partial charge in [-0.3, -0.25) is 0 Å². The van der Waals surface area contributed by atoms with Crippen LogP contribution < -0.4 is 4.74 Å². The summed E-state index contributed by atoms with van der Waals surface area (Å²) in [7, 11) is 0. The largest absolute Gasteiger partial charge is 0.490 e. The molecule has 0 aliphatic rings. The highest BCUT2D eigenvalue weighted by Crippen LogP contribution is 2.36. The normalized spacial score (nSPS) is 12.8. The van der Waals surface area contributed by atoms with Crippen molar-refractivity contribution in [3.05, 3.63) is 84.9 Å². The monoisotopic (exact) mass is 425 g/mol. The highest BCUT2D eigenvalue weighted by molar-refractivity contribution is 5.81. The number of nitrogens with zero attached hydrogens (tertiary/aromatic N) is 3. The van der Waals surface area contributed by atoms with Gasteiger partial charge in [-0.1, -0.05) is 79.7 Å². The third kappa shape index (κ3) is 5.01. The number of aliphatic hydroxyl groups is 1. The smallest absolute Gasteiger partial charge is 0.182 e. The number of ether oxygens (including phenoxy) is 1. The zero-order valence-corrected chi connectivity index (χ0v) is 18.3. The molecule has 0 bridgehead atoms. The third-order valence-corrected chi connectivity index (χ3v) is 5.26. The van der Waals surface area contributed by atoms with Crippen LogP contribution in [0, 0.1) is 0 Å². The molecule has 0 fully saturated rings. The van der Waals surface area contributed by atoms with Gasteiger partial charge in [0.25, 0.3) is 0 Å². The number of benzene rings is 3. The maximum absolute atomic E-state index is 9.84. The summed E-state index contributed by atoms with van der Waals surface area (Å²) in [6, 6.07) is 27.7. The molecule has 0 saturated heterocycles. The Hall–Kier alpha value is -3.57. The topological polar surface area (TPSA) is 68.1 Å². The molecule has 0 spiro atoms. The van der Waals surface area contributed by atoms with Gasteiger partial charge in [0.15, 0.2) is 5.82 Å². The van der Waals surface area contributed by atoms with Crippen molar-refractivity contribution in [3.8, 4) is 39.7 Å². The van der Waals surface area contributed by atoms with Crippen molar-refractivity contribution >= 4 is 0 Å². The predicted octanol–water partition coefficient (Wildman–Crippen LogP) is 5.80. The van der Waals surface area contributed by atoms with Gasteiger partial charge in [-0.15, -0.1) is 10.2 Å². The molecule has 0 aliphatic carbocycles. The van der Waals surface area contributed by atoms with Gasteiger partial charge < -0.3 is 9.84 Å². The van der Waals surface area contributed by atoms with Crippen LogP contribution in [-0.4, -0.2) is 32.5 Å². The number of hydrogen-bond acceptors (Lipinski definition) is 5. The molecule has 0 saturated carbocycles. The Balaban J connectivity index is 1.82. The van der Waals surface area contributed by atoms with Gasteiger partial charge in [0.2, 0.25) is 0 Å². The maximum Gasteiger partial charge on any atom is 0.182 e. The molecule has 5 nitrogen and oxygen atoms in total. The van der Waals surface area contributed by atoms with Crippen molar-refractivity contribution < 1.29 is 9.84 Å². The van der Waals surface area contributed by atoms with E-state index >= 15 is 0 Å². The van der Waals surface area contributed by atoms with Crippen LogP contribution in [-0.2, 0) is 0 Å². The zero-order valence-electron chi connectivity index (χ0n) is 18.3. The minimum Gasteiger partial charge on any atom is -0.490 e. The summed E-state index contributed by atoms with van der Waals surface area (Å²) in [6.07, 6.45) is 0.828. The van der Waals surface area contributed by atoms with Crippen LogP contribution in [0.4, 0.5) is 0 Å². The summed E-state index contributed by atoms with van der Waals surface area (Å²) in [6.45, 7) is 3.84. The summed E-state index contributed by atoms with van der Waals surface area (Å²) in [5.41, 5.74) is 4.11. The molecule has 1 heterocycles. The fourth-order valence-corrected chi connectivity index (χ4v) is 3.64. The lowest BCUT2D eigenvalue weighted by molar-refractivity contribution is 0.104. The first-order valence-corrected chi connectivity index (χ1v) is 11.0. The van der Waals surface area contributed by atoms with E-state index in [0.29, 0.717) is 23.7 Å². The van der Waals surface area contributed by atoms with E-state index in [1.165, 1.54) is 0 Å². The number of para-hydroxylation sites is 1. The van der Waals surface area contributed by atoms with Crippen molar-refractivity contribution in [2.24, 2.45) is 0 Å². The Bertz CT molecular complexity index is 1150. The first-order valence-electron chi connectivity index (χ1n) is 11.0. The minimum atomic E-state index is -0.432. The lowest BCUT2D eigenvalue weighted by Crippen LogP contribution is -2.21. The lowest BCUT2D eigenvalue weighted by Gasteiger charge is -2.21. The first-order chi connectivity index (χ1) is 15.7. The Kier molecular flexibility index (Phi) is 6.87. The summed E-state index contributed by atoms with van der Waals surface area (Å²) in [5, 5.41) is 18.9. The summed E-state index contributed by atoms with van der Waals surface area (Å²) >= 11 is 0. The van der Waals surface area contributed by atoms with E-state index < -0.39 is 6.10 Å². The quantitative estimate of drug-likeness (QED) is 0.386. The summed E-state index contributed by atoms with van der Waals surface area (Å²) < 4.78 is 6.31. The molecule has 3 aromatic carbocycles. The van der Waals surface area contributed by atoms with Crippen molar-refractivity contribution in [2.75, 3.05) is 0 Å². The molecule has 1 N–H and O–H groups in total. The second kappa shape index (κ2) is 10.2. The molecule has 0 radical (unpaired) electrons. The van der Waals surface area contributed by atoms with E-state index in [-0.39, 0.29) is 6.10 Å². The van der Waals surface area contributed by atoms with Crippen LogP contribution in [0.15, 0.2) is 84.9 Å². The predicted molar refractivity (Wildman–Crippen MR) is 127 cm³/mol. The maximum atomic E-state index is 9.84. The van der Waals surface area contributed by atoms with Crippen molar-refractivity contribution in [1.82, 2.24) is 15.2 Å². The molecule has 1 aromatic heterocycles. The van der Waals surface area contributed by atoms with Crippen molar-refractivity contribution in [2.45, 2.75) is 38.9 Å². The standard InChI is InChI=1S/C27H27N3O2/c1-3-22(18-19(2)31)32-24-17-11-10-16-23(24)26-25(20-12-6-4-7-13-20)28-27(30-29-26)21-14-8-5-9-15-21/h4-17,19,22,31H,3,18H2,1-2H3. The lowest BCUT2D eigenvalue weighted by atomic mass is 10.0. The van der Waals surface area contributed by atoms with E-state index in [4.69, 9.17) is 9.72 Å². The Labute approximate surface area is 188 Å². The molecule has 5 heteroatoms. The Morgan fingerprint density at radius 3 is 2.06 bits per heavy atom. The molecule has 2 atom stereocenters. The molecule has 162 valence electrons. The molecule has 0 amide bonds. The second-order valence-corrected chi connectivity index (χ2v) is 7.79. The SMILES string of the molecule is CCC(CC(C)O)Oc1ccccc1-c1nnc(-c2ccccc2)nc1-c1ccccc1. The van der Waals surface area contributed by atoms with Crippen LogP contribution >= 0.6 is 0 Å². The van der Waals surface area contributed by atoms with Gasteiger partial charge in [-0.05, 0) is 25.5 Å². The van der Waals surface area contributed by atoms with Crippen LogP contribution in [0.5, 0.6) is 5.75 Å². The van der Waals surface area contributed by atoms with Crippen LogP contribution in [0.2, 0.25) is 0 Å². The fourth-order valence-electron chi connectivity index (χ4n) is 3.64. The number of aliphatic hydroxyl groups excluding tert-OH is 1. The molecular weight excluding hydrogens is 398 g/mol. The third-order valence-electron chi connectivity index (χ3n) is 5.26. The number of hydrogen-bond donors (Lipinski definition) is 1. The van der Waals surface area contributed by atoms with E-state index in [0.717, 1.165) is 28.8 Å². The van der Waals surface area contributed by atoms with E-state index in [9.17, 15) is 5.11 Å². The minimum absolute atomic E-state index is 0.0964.